The van der Waals surface area contributed by atoms with Crippen molar-refractivity contribution in [2.24, 2.45) is 7.05 Å². The smallest absolute Gasteiger partial charge is 0.252 e. The Morgan fingerprint density at radius 2 is 1.97 bits per heavy atom. The molecule has 1 N–H and O–H groups in total. The molecule has 0 saturated heterocycles. The minimum absolute atomic E-state index is 0.206. The van der Waals surface area contributed by atoms with Gasteiger partial charge in [-0.2, -0.15) is 5.10 Å². The molecule has 0 aliphatic rings. The van der Waals surface area contributed by atoms with Crippen LogP contribution in [-0.4, -0.2) is 27.8 Å². The monoisotopic (exact) mass is 420 g/mol. The van der Waals surface area contributed by atoms with Crippen LogP contribution in [0, 0.1) is 6.92 Å². The predicted octanol–water partition coefficient (Wildman–Crippen LogP) is 4.54. The van der Waals surface area contributed by atoms with Crippen molar-refractivity contribution in [2.75, 3.05) is 7.11 Å². The van der Waals surface area contributed by atoms with Crippen LogP contribution in [0.3, 0.4) is 0 Å². The molecule has 0 aliphatic carbocycles. The molecule has 4 aromatic rings. The van der Waals surface area contributed by atoms with Gasteiger partial charge in [-0.25, -0.2) is 4.98 Å². The first-order valence-electron chi connectivity index (χ1n) is 9.48. The van der Waals surface area contributed by atoms with Crippen molar-refractivity contribution in [3.05, 3.63) is 76.4 Å². The lowest BCUT2D eigenvalue weighted by molar-refractivity contribution is 0.0952. The second kappa shape index (κ2) is 8.16. The van der Waals surface area contributed by atoms with Gasteiger partial charge in [-0.3, -0.25) is 9.48 Å². The number of fused-ring (bicyclic) bond motifs is 1. The number of nitrogens with one attached hydrogen (secondary N) is 1. The molecule has 0 unspecified atom stereocenters. The van der Waals surface area contributed by atoms with E-state index in [1.165, 1.54) is 0 Å². The minimum atomic E-state index is -0.206. The first-order chi connectivity index (χ1) is 14.5. The molecule has 0 radical (unpaired) electrons. The van der Waals surface area contributed by atoms with Crippen LogP contribution in [0.1, 0.15) is 21.6 Å². The highest BCUT2D eigenvalue weighted by Gasteiger charge is 2.19. The molecule has 0 fully saturated rings. The van der Waals surface area contributed by atoms with E-state index in [4.69, 9.17) is 21.3 Å². The number of methoxy groups -OCH3 is 1. The fourth-order valence-corrected chi connectivity index (χ4v) is 3.67. The van der Waals surface area contributed by atoms with Crippen LogP contribution < -0.4 is 10.1 Å². The Morgan fingerprint density at radius 1 is 1.17 bits per heavy atom. The summed E-state index contributed by atoms with van der Waals surface area (Å²) in [4.78, 5) is 17.9. The first-order valence-corrected chi connectivity index (χ1v) is 9.86. The molecule has 1 amide bonds. The summed E-state index contributed by atoms with van der Waals surface area (Å²) in [5.74, 6) is 0.517. The van der Waals surface area contributed by atoms with E-state index in [9.17, 15) is 4.79 Å². The third kappa shape index (κ3) is 3.74. The average Bonchev–Trinajstić information content (AvgIpc) is 3.06. The zero-order chi connectivity index (χ0) is 21.3. The number of aromatic nitrogens is 3. The standard InChI is InChI=1S/C23H21ClN4O2/c1-14-21-18(23(29)25-13-16-7-4-5-10-19(16)24)12-20(26-22(21)28(2)27-14)15-8-6-9-17(11-15)30-3/h4-12H,13H2,1-3H3,(H,25,29). The van der Waals surface area contributed by atoms with Crippen molar-refractivity contribution >= 4 is 28.5 Å². The molecule has 0 bridgehead atoms. The van der Waals surface area contributed by atoms with Crippen molar-refractivity contribution in [1.29, 1.82) is 0 Å². The number of amides is 1. The van der Waals surface area contributed by atoms with E-state index < -0.39 is 0 Å². The molecule has 152 valence electrons. The van der Waals surface area contributed by atoms with Crippen LogP contribution in [-0.2, 0) is 13.6 Å². The lowest BCUT2D eigenvalue weighted by Crippen LogP contribution is -2.23. The Kier molecular flexibility index (Phi) is 5.42. The van der Waals surface area contributed by atoms with Crippen molar-refractivity contribution in [2.45, 2.75) is 13.5 Å². The highest BCUT2D eigenvalue weighted by atomic mass is 35.5. The molecule has 6 nitrogen and oxygen atoms in total. The lowest BCUT2D eigenvalue weighted by atomic mass is 10.0. The number of aryl methyl sites for hydroxylation is 2. The van der Waals surface area contributed by atoms with E-state index in [1.54, 1.807) is 23.9 Å². The average molecular weight is 421 g/mol. The minimum Gasteiger partial charge on any atom is -0.497 e. The van der Waals surface area contributed by atoms with Gasteiger partial charge in [0.05, 0.1) is 29.4 Å². The molecule has 0 atom stereocenters. The number of pyridine rings is 1. The number of halogens is 1. The molecular weight excluding hydrogens is 400 g/mol. The molecule has 0 saturated carbocycles. The highest BCUT2D eigenvalue weighted by molar-refractivity contribution is 6.31. The predicted molar refractivity (Wildman–Crippen MR) is 118 cm³/mol. The molecular formula is C23H21ClN4O2. The summed E-state index contributed by atoms with van der Waals surface area (Å²) < 4.78 is 7.02. The maximum absolute atomic E-state index is 13.2. The summed E-state index contributed by atoms with van der Waals surface area (Å²) in [6.07, 6.45) is 0. The number of rotatable bonds is 5. The van der Waals surface area contributed by atoms with Gasteiger partial charge in [-0.1, -0.05) is 41.9 Å². The number of hydrogen-bond donors (Lipinski definition) is 1. The van der Waals surface area contributed by atoms with Gasteiger partial charge >= 0.3 is 0 Å². The Bertz CT molecular complexity index is 1250. The van der Waals surface area contributed by atoms with Crippen molar-refractivity contribution in [3.8, 4) is 17.0 Å². The fraction of sp³-hybridized carbons (Fsp3) is 0.174. The van der Waals surface area contributed by atoms with Crippen LogP contribution in [0.4, 0.5) is 0 Å². The largest absolute Gasteiger partial charge is 0.497 e. The van der Waals surface area contributed by atoms with Gasteiger partial charge in [0.1, 0.15) is 5.75 Å². The molecule has 2 aromatic carbocycles. The van der Waals surface area contributed by atoms with Gasteiger partial charge in [-0.15, -0.1) is 0 Å². The number of benzene rings is 2. The van der Waals surface area contributed by atoms with Crippen molar-refractivity contribution < 1.29 is 9.53 Å². The maximum atomic E-state index is 13.2. The number of nitrogens with zero attached hydrogens (tertiary/aromatic N) is 3. The SMILES string of the molecule is COc1cccc(-c2cc(C(=O)NCc3ccccc3Cl)c3c(C)nn(C)c3n2)c1. The second-order valence-corrected chi connectivity index (χ2v) is 7.38. The van der Waals surface area contributed by atoms with E-state index in [0.717, 1.165) is 28.0 Å². The summed E-state index contributed by atoms with van der Waals surface area (Å²) in [6.45, 7) is 2.20. The summed E-state index contributed by atoms with van der Waals surface area (Å²) in [6, 6.07) is 16.8. The molecule has 0 aliphatic heterocycles. The lowest BCUT2D eigenvalue weighted by Gasteiger charge is -2.11. The summed E-state index contributed by atoms with van der Waals surface area (Å²) in [5, 5.41) is 8.79. The number of ether oxygens (including phenoxy) is 1. The number of carbonyl (C=O) groups excluding carboxylic acids is 1. The van der Waals surface area contributed by atoms with Gasteiger partial charge in [0.15, 0.2) is 5.65 Å². The second-order valence-electron chi connectivity index (χ2n) is 6.97. The number of carbonyl (C=O) groups is 1. The van der Waals surface area contributed by atoms with E-state index >= 15 is 0 Å². The first kappa shape index (κ1) is 19.9. The van der Waals surface area contributed by atoms with Crippen molar-refractivity contribution in [1.82, 2.24) is 20.1 Å². The molecule has 4 rings (SSSR count). The van der Waals surface area contributed by atoms with Crippen LogP contribution in [0.2, 0.25) is 5.02 Å². The van der Waals surface area contributed by atoms with Crippen LogP contribution >= 0.6 is 11.6 Å². The Balaban J connectivity index is 1.77. The van der Waals surface area contributed by atoms with E-state index in [-0.39, 0.29) is 5.91 Å². The Hall–Kier alpha value is -3.38. The van der Waals surface area contributed by atoms with Gasteiger partial charge in [0.25, 0.3) is 5.91 Å². The van der Waals surface area contributed by atoms with E-state index in [1.807, 2.05) is 56.4 Å². The van der Waals surface area contributed by atoms with Gasteiger partial charge in [-0.05, 0) is 36.8 Å². The van der Waals surface area contributed by atoms with Crippen molar-refractivity contribution in [3.63, 3.8) is 0 Å². The van der Waals surface area contributed by atoms with Crippen LogP contribution in [0.25, 0.3) is 22.3 Å². The quantitative estimate of drug-likeness (QED) is 0.514. The normalized spacial score (nSPS) is 10.9. The summed E-state index contributed by atoms with van der Waals surface area (Å²) >= 11 is 6.22. The molecule has 2 aromatic heterocycles. The molecule has 30 heavy (non-hydrogen) atoms. The molecule has 0 spiro atoms. The third-order valence-corrected chi connectivity index (χ3v) is 5.34. The fourth-order valence-electron chi connectivity index (χ4n) is 3.47. The third-order valence-electron chi connectivity index (χ3n) is 4.98. The highest BCUT2D eigenvalue weighted by Crippen LogP contribution is 2.28. The zero-order valence-electron chi connectivity index (χ0n) is 16.9. The molecule has 7 heteroatoms. The Labute approximate surface area is 179 Å². The van der Waals surface area contributed by atoms with Gasteiger partial charge in [0.2, 0.25) is 0 Å². The van der Waals surface area contributed by atoms with Gasteiger partial charge < -0.3 is 10.1 Å². The number of hydrogen-bond acceptors (Lipinski definition) is 4. The summed E-state index contributed by atoms with van der Waals surface area (Å²) in [7, 11) is 3.44. The van der Waals surface area contributed by atoms with Crippen LogP contribution in [0.15, 0.2) is 54.6 Å². The van der Waals surface area contributed by atoms with E-state index in [2.05, 4.69) is 10.4 Å². The summed E-state index contributed by atoms with van der Waals surface area (Å²) in [5.41, 5.74) is 4.31. The van der Waals surface area contributed by atoms with Gasteiger partial charge in [0, 0.05) is 24.2 Å². The molecule has 2 heterocycles. The van der Waals surface area contributed by atoms with E-state index in [0.29, 0.717) is 28.5 Å². The Morgan fingerprint density at radius 3 is 2.73 bits per heavy atom. The maximum Gasteiger partial charge on any atom is 0.252 e. The topological polar surface area (TPSA) is 69.0 Å². The zero-order valence-corrected chi connectivity index (χ0v) is 17.7. The van der Waals surface area contributed by atoms with Crippen LogP contribution in [0.5, 0.6) is 5.75 Å².